The summed E-state index contributed by atoms with van der Waals surface area (Å²) in [6, 6.07) is 3.27. The summed E-state index contributed by atoms with van der Waals surface area (Å²) in [7, 11) is 0. The van der Waals surface area contributed by atoms with E-state index in [1.165, 1.54) is 6.92 Å². The van der Waals surface area contributed by atoms with Crippen LogP contribution in [0.5, 0.6) is 0 Å². The molecule has 20 heavy (non-hydrogen) atoms. The monoisotopic (exact) mass is 273 g/mol. The highest BCUT2D eigenvalue weighted by atomic mass is 16.5. The number of carboxylic acid groups (broad SMARTS) is 1. The number of aromatic carboxylic acids is 1. The number of nitriles is 2. The number of rotatable bonds is 4. The lowest BCUT2D eigenvalue weighted by molar-refractivity contribution is 0.0519. The number of aromatic nitrogens is 1. The van der Waals surface area contributed by atoms with Gasteiger partial charge in [-0.1, -0.05) is 0 Å². The number of ether oxygens (including phenoxy) is 1. The number of hydrogen-bond donors (Lipinski definition) is 2. The van der Waals surface area contributed by atoms with Gasteiger partial charge in [-0.2, -0.15) is 10.5 Å². The first kappa shape index (κ1) is 15.0. The van der Waals surface area contributed by atoms with Crippen molar-refractivity contribution in [3.63, 3.8) is 0 Å². The molecule has 0 unspecified atom stereocenters. The summed E-state index contributed by atoms with van der Waals surface area (Å²) in [5.41, 5.74) is -0.119. The van der Waals surface area contributed by atoms with Crippen LogP contribution in [-0.4, -0.2) is 28.6 Å². The number of H-pyrrole nitrogens is 1. The van der Waals surface area contributed by atoms with Gasteiger partial charge in [-0.05, 0) is 25.5 Å². The summed E-state index contributed by atoms with van der Waals surface area (Å²) in [6.07, 6.45) is 1.12. The fourth-order valence-electron chi connectivity index (χ4n) is 1.60. The lowest BCUT2D eigenvalue weighted by Crippen LogP contribution is -2.07. The van der Waals surface area contributed by atoms with Crippen molar-refractivity contribution in [2.24, 2.45) is 0 Å². The summed E-state index contributed by atoms with van der Waals surface area (Å²) in [4.78, 5) is 25.3. The zero-order chi connectivity index (χ0) is 15.3. The Bertz CT molecular complexity index is 655. The van der Waals surface area contributed by atoms with Crippen LogP contribution in [0.15, 0.2) is 5.57 Å². The Hall–Kier alpha value is -3.06. The van der Waals surface area contributed by atoms with Gasteiger partial charge in [0.15, 0.2) is 0 Å². The fourth-order valence-corrected chi connectivity index (χ4v) is 1.60. The highest BCUT2D eigenvalue weighted by Crippen LogP contribution is 2.22. The quantitative estimate of drug-likeness (QED) is 0.634. The van der Waals surface area contributed by atoms with Crippen LogP contribution in [0.3, 0.4) is 0 Å². The van der Waals surface area contributed by atoms with Gasteiger partial charge in [-0.15, -0.1) is 0 Å². The van der Waals surface area contributed by atoms with Gasteiger partial charge in [0.2, 0.25) is 0 Å². The van der Waals surface area contributed by atoms with E-state index >= 15 is 0 Å². The summed E-state index contributed by atoms with van der Waals surface area (Å²) >= 11 is 0. The molecule has 7 nitrogen and oxygen atoms in total. The molecule has 0 saturated heterocycles. The molecule has 0 fully saturated rings. The van der Waals surface area contributed by atoms with E-state index in [0.29, 0.717) is 5.56 Å². The minimum absolute atomic E-state index is 0.00858. The molecular formula is C13H11N3O4. The van der Waals surface area contributed by atoms with E-state index in [1.54, 1.807) is 19.1 Å². The Morgan fingerprint density at radius 3 is 2.40 bits per heavy atom. The van der Waals surface area contributed by atoms with Crippen molar-refractivity contribution in [3.05, 3.63) is 28.1 Å². The van der Waals surface area contributed by atoms with Gasteiger partial charge >= 0.3 is 11.9 Å². The molecule has 2 N–H and O–H groups in total. The largest absolute Gasteiger partial charge is 0.477 e. The van der Waals surface area contributed by atoms with Crippen LogP contribution in [0.1, 0.15) is 39.0 Å². The molecule has 0 bridgehead atoms. The molecular weight excluding hydrogens is 262 g/mol. The molecule has 0 amide bonds. The molecule has 0 aliphatic rings. The number of nitrogens with one attached hydrogen (secondary N) is 1. The van der Waals surface area contributed by atoms with E-state index < -0.39 is 11.9 Å². The first-order valence-corrected chi connectivity index (χ1v) is 5.61. The molecule has 0 saturated carbocycles. The van der Waals surface area contributed by atoms with Gasteiger partial charge in [-0.25, -0.2) is 9.59 Å². The fraction of sp³-hybridized carbons (Fsp3) is 0.231. The lowest BCUT2D eigenvalue weighted by atomic mass is 10.1. The topological polar surface area (TPSA) is 127 Å². The van der Waals surface area contributed by atoms with Crippen molar-refractivity contribution in [2.45, 2.75) is 13.8 Å². The maximum absolute atomic E-state index is 11.7. The van der Waals surface area contributed by atoms with Crippen LogP contribution < -0.4 is 0 Å². The van der Waals surface area contributed by atoms with E-state index in [4.69, 9.17) is 20.4 Å². The molecule has 1 aromatic heterocycles. The number of carbonyl (C=O) groups excluding carboxylic acids is 1. The third-order valence-electron chi connectivity index (χ3n) is 2.52. The predicted octanol–water partition coefficient (Wildman–Crippen LogP) is 1.63. The third kappa shape index (κ3) is 2.85. The second-order valence-electron chi connectivity index (χ2n) is 3.72. The van der Waals surface area contributed by atoms with Crippen LogP contribution in [-0.2, 0) is 4.74 Å². The lowest BCUT2D eigenvalue weighted by Gasteiger charge is -2.00. The number of esters is 1. The first-order chi connectivity index (χ1) is 9.46. The Labute approximate surface area is 114 Å². The van der Waals surface area contributed by atoms with Crippen molar-refractivity contribution in [3.8, 4) is 12.1 Å². The van der Waals surface area contributed by atoms with Crippen molar-refractivity contribution in [1.29, 1.82) is 10.5 Å². The third-order valence-corrected chi connectivity index (χ3v) is 2.52. The van der Waals surface area contributed by atoms with Crippen LogP contribution in [0, 0.1) is 29.6 Å². The summed E-state index contributed by atoms with van der Waals surface area (Å²) in [5, 5.41) is 26.5. The SMILES string of the molecule is CCOC(=O)c1[nH]c(C(=O)O)c(C=C(C#N)C#N)c1C. The van der Waals surface area contributed by atoms with Crippen molar-refractivity contribution < 1.29 is 19.4 Å². The maximum atomic E-state index is 11.7. The zero-order valence-corrected chi connectivity index (χ0v) is 10.9. The van der Waals surface area contributed by atoms with E-state index in [0.717, 1.165) is 6.08 Å². The van der Waals surface area contributed by atoms with Gasteiger partial charge in [-0.3, -0.25) is 0 Å². The highest BCUT2D eigenvalue weighted by molar-refractivity contribution is 5.98. The molecule has 1 aromatic rings. The van der Waals surface area contributed by atoms with E-state index in [2.05, 4.69) is 4.98 Å². The average Bonchev–Trinajstić information content (AvgIpc) is 2.73. The smallest absolute Gasteiger partial charge is 0.355 e. The van der Waals surface area contributed by atoms with E-state index in [9.17, 15) is 9.59 Å². The Balaban J connectivity index is 3.48. The summed E-state index contributed by atoms with van der Waals surface area (Å²) in [6.45, 7) is 3.28. The van der Waals surface area contributed by atoms with Crippen LogP contribution in [0.25, 0.3) is 6.08 Å². The molecule has 1 heterocycles. The Morgan fingerprint density at radius 2 is 1.95 bits per heavy atom. The molecule has 0 radical (unpaired) electrons. The number of carbonyl (C=O) groups is 2. The van der Waals surface area contributed by atoms with Gasteiger partial charge in [0.05, 0.1) is 6.61 Å². The highest BCUT2D eigenvalue weighted by Gasteiger charge is 2.22. The second kappa shape index (κ2) is 6.21. The molecule has 7 heteroatoms. The van der Waals surface area contributed by atoms with Crippen molar-refractivity contribution in [2.75, 3.05) is 6.61 Å². The number of carboxylic acids is 1. The van der Waals surface area contributed by atoms with Crippen LogP contribution in [0.4, 0.5) is 0 Å². The number of hydrogen-bond acceptors (Lipinski definition) is 5. The zero-order valence-electron chi connectivity index (χ0n) is 10.9. The molecule has 0 aromatic carbocycles. The molecule has 1 rings (SSSR count). The average molecular weight is 273 g/mol. The van der Waals surface area contributed by atoms with Gasteiger partial charge in [0, 0.05) is 5.56 Å². The minimum Gasteiger partial charge on any atom is -0.477 e. The molecule has 0 spiro atoms. The molecule has 0 aliphatic heterocycles. The van der Waals surface area contributed by atoms with Gasteiger partial charge in [0.25, 0.3) is 0 Å². The number of aromatic amines is 1. The van der Waals surface area contributed by atoms with Crippen LogP contribution in [0.2, 0.25) is 0 Å². The van der Waals surface area contributed by atoms with Crippen molar-refractivity contribution in [1.82, 2.24) is 4.98 Å². The molecule has 102 valence electrons. The minimum atomic E-state index is -1.30. The summed E-state index contributed by atoms with van der Waals surface area (Å²) < 4.78 is 4.80. The molecule has 0 atom stereocenters. The normalized spacial score (nSPS) is 9.20. The van der Waals surface area contributed by atoms with E-state index in [-0.39, 0.29) is 29.1 Å². The maximum Gasteiger partial charge on any atom is 0.355 e. The Kier molecular flexibility index (Phi) is 4.66. The second-order valence-corrected chi connectivity index (χ2v) is 3.72. The van der Waals surface area contributed by atoms with Crippen molar-refractivity contribution >= 4 is 18.0 Å². The Morgan fingerprint density at radius 1 is 1.35 bits per heavy atom. The number of allylic oxidation sites excluding steroid dienone is 1. The molecule has 0 aliphatic carbocycles. The van der Waals surface area contributed by atoms with Gasteiger partial charge < -0.3 is 14.8 Å². The van der Waals surface area contributed by atoms with Gasteiger partial charge in [0.1, 0.15) is 29.1 Å². The van der Waals surface area contributed by atoms with Crippen LogP contribution >= 0.6 is 0 Å². The summed E-state index contributed by atoms with van der Waals surface area (Å²) in [5.74, 6) is -1.99. The number of nitrogens with zero attached hydrogens (tertiary/aromatic N) is 2. The van der Waals surface area contributed by atoms with E-state index in [1.807, 2.05) is 0 Å². The standard InChI is InChI=1S/C13H11N3O4/c1-3-20-13(19)10-7(2)9(4-8(5-14)6-15)11(16-10)12(17)18/h4,16H,3H2,1-2H3,(H,17,18). The predicted molar refractivity (Wildman–Crippen MR) is 67.6 cm³/mol. The first-order valence-electron chi connectivity index (χ1n) is 5.61.